The largest absolute Gasteiger partial charge is 0.325 e. The van der Waals surface area contributed by atoms with Gasteiger partial charge in [0.2, 0.25) is 5.91 Å². The first-order valence-electron chi connectivity index (χ1n) is 11.6. The molecule has 4 aromatic rings. The van der Waals surface area contributed by atoms with Gasteiger partial charge in [0.1, 0.15) is 5.25 Å². The molecule has 2 amide bonds. The average Bonchev–Trinajstić information content (AvgIpc) is 2.93. The Morgan fingerprint density at radius 2 is 1.44 bits per heavy atom. The van der Waals surface area contributed by atoms with Gasteiger partial charge in [-0.15, -0.1) is 11.8 Å². The summed E-state index contributed by atoms with van der Waals surface area (Å²) in [5.74, 6) is -0.749. The second-order valence-corrected chi connectivity index (χ2v) is 9.62. The van der Waals surface area contributed by atoms with Crippen molar-refractivity contribution in [1.29, 1.82) is 0 Å². The number of hydrogen-bond acceptors (Lipinski definition) is 7. The Hall–Kier alpha value is -5.03. The predicted molar refractivity (Wildman–Crippen MR) is 149 cm³/mol. The monoisotopic (exact) mass is 542 g/mol. The summed E-state index contributed by atoms with van der Waals surface area (Å²) in [7, 11) is 0. The molecule has 0 radical (unpaired) electrons. The van der Waals surface area contributed by atoms with E-state index in [-0.39, 0.29) is 22.8 Å². The molecule has 0 aliphatic heterocycles. The summed E-state index contributed by atoms with van der Waals surface area (Å²) in [6.07, 6.45) is 0. The molecule has 0 aliphatic rings. The van der Waals surface area contributed by atoms with Crippen molar-refractivity contribution in [2.75, 3.05) is 10.6 Å². The highest BCUT2D eigenvalue weighted by Gasteiger charge is 2.23. The Morgan fingerprint density at radius 3 is 2.08 bits per heavy atom. The number of nitro groups is 2. The van der Waals surface area contributed by atoms with Crippen molar-refractivity contribution in [2.24, 2.45) is 0 Å². The fraction of sp³-hybridized carbons (Fsp3) is 0.0714. The quantitative estimate of drug-likeness (QED) is 0.139. The first-order valence-corrected chi connectivity index (χ1v) is 12.5. The molecule has 1 atom stereocenters. The molecule has 2 N–H and O–H groups in total. The summed E-state index contributed by atoms with van der Waals surface area (Å²) in [5, 5.41) is 26.9. The standard InChI is InChI=1S/C28H22N4O6S/c1-18-16-23(32(37)38)14-15-25(18)30-28(34)26(19-6-3-2-4-7-19)39-24-9-5-8-21(17-24)29-27(33)20-10-12-22(13-11-20)31(35)36/h2-17,26H,1H3,(H,29,33)(H,30,34). The van der Waals surface area contributed by atoms with Crippen LogP contribution in [0.2, 0.25) is 0 Å². The summed E-state index contributed by atoms with van der Waals surface area (Å²) >= 11 is 1.28. The Bertz CT molecular complexity index is 1540. The summed E-state index contributed by atoms with van der Waals surface area (Å²) in [6, 6.07) is 25.7. The Morgan fingerprint density at radius 1 is 0.769 bits per heavy atom. The number of nitrogens with zero attached hydrogens (tertiary/aromatic N) is 2. The third-order valence-electron chi connectivity index (χ3n) is 5.71. The zero-order chi connectivity index (χ0) is 27.9. The highest BCUT2D eigenvalue weighted by molar-refractivity contribution is 8.00. The number of benzene rings is 4. The highest BCUT2D eigenvalue weighted by atomic mass is 32.2. The van der Waals surface area contributed by atoms with Crippen molar-refractivity contribution in [1.82, 2.24) is 0 Å². The van der Waals surface area contributed by atoms with Crippen LogP contribution < -0.4 is 10.6 Å². The van der Waals surface area contributed by atoms with E-state index in [2.05, 4.69) is 10.6 Å². The van der Waals surface area contributed by atoms with Gasteiger partial charge in [-0.25, -0.2) is 0 Å². The van der Waals surface area contributed by atoms with Gasteiger partial charge in [-0.2, -0.15) is 0 Å². The fourth-order valence-corrected chi connectivity index (χ4v) is 4.81. The third-order valence-corrected chi connectivity index (χ3v) is 6.95. The van der Waals surface area contributed by atoms with Crippen LogP contribution in [0.5, 0.6) is 0 Å². The number of amides is 2. The second kappa shape index (κ2) is 12.0. The maximum absolute atomic E-state index is 13.4. The minimum Gasteiger partial charge on any atom is -0.325 e. The van der Waals surface area contributed by atoms with E-state index in [1.807, 2.05) is 36.4 Å². The van der Waals surface area contributed by atoms with Crippen LogP contribution in [0.15, 0.2) is 102 Å². The van der Waals surface area contributed by atoms with Crippen LogP contribution >= 0.6 is 11.8 Å². The third kappa shape index (κ3) is 6.84. The molecule has 0 saturated heterocycles. The number of thioether (sulfide) groups is 1. The van der Waals surface area contributed by atoms with E-state index in [1.54, 1.807) is 25.1 Å². The number of anilines is 2. The summed E-state index contributed by atoms with van der Waals surface area (Å²) in [5.41, 5.74) is 2.35. The van der Waals surface area contributed by atoms with E-state index < -0.39 is 21.0 Å². The van der Waals surface area contributed by atoms with Crippen molar-refractivity contribution < 1.29 is 19.4 Å². The maximum Gasteiger partial charge on any atom is 0.269 e. The molecule has 4 rings (SSSR count). The number of hydrogen-bond donors (Lipinski definition) is 2. The smallest absolute Gasteiger partial charge is 0.269 e. The van der Waals surface area contributed by atoms with Gasteiger partial charge >= 0.3 is 0 Å². The van der Waals surface area contributed by atoms with Crippen molar-refractivity contribution in [3.8, 4) is 0 Å². The first-order chi connectivity index (χ1) is 18.7. The second-order valence-electron chi connectivity index (χ2n) is 8.44. The minimum absolute atomic E-state index is 0.0629. The lowest BCUT2D eigenvalue weighted by atomic mass is 10.1. The molecule has 1 unspecified atom stereocenters. The molecule has 0 fully saturated rings. The van der Waals surface area contributed by atoms with E-state index in [1.165, 1.54) is 54.2 Å². The van der Waals surface area contributed by atoms with Crippen LogP contribution in [0.1, 0.15) is 26.7 Å². The van der Waals surface area contributed by atoms with Gasteiger partial charge in [0.15, 0.2) is 0 Å². The molecule has 0 saturated carbocycles. The van der Waals surface area contributed by atoms with Crippen LogP contribution in [0.4, 0.5) is 22.7 Å². The van der Waals surface area contributed by atoms with Gasteiger partial charge in [-0.1, -0.05) is 36.4 Å². The van der Waals surface area contributed by atoms with Crippen LogP contribution in [0, 0.1) is 27.2 Å². The fourth-order valence-electron chi connectivity index (χ4n) is 3.72. The van der Waals surface area contributed by atoms with Crippen LogP contribution in [0.25, 0.3) is 0 Å². The van der Waals surface area contributed by atoms with E-state index in [0.717, 1.165) is 5.56 Å². The zero-order valence-electron chi connectivity index (χ0n) is 20.6. The van der Waals surface area contributed by atoms with E-state index in [9.17, 15) is 29.8 Å². The summed E-state index contributed by atoms with van der Waals surface area (Å²) in [4.78, 5) is 47.7. The zero-order valence-corrected chi connectivity index (χ0v) is 21.4. The topological polar surface area (TPSA) is 144 Å². The predicted octanol–water partition coefficient (Wildman–Crippen LogP) is 6.54. The van der Waals surface area contributed by atoms with Gasteiger partial charge < -0.3 is 10.6 Å². The lowest BCUT2D eigenvalue weighted by Crippen LogP contribution is -2.19. The number of carbonyl (C=O) groups is 2. The average molecular weight is 543 g/mol. The lowest BCUT2D eigenvalue weighted by Gasteiger charge is -2.18. The molecule has 11 heteroatoms. The number of rotatable bonds is 9. The number of carbonyl (C=O) groups excluding carboxylic acids is 2. The van der Waals surface area contributed by atoms with Gasteiger partial charge in [0.25, 0.3) is 17.3 Å². The summed E-state index contributed by atoms with van der Waals surface area (Å²) < 4.78 is 0. The summed E-state index contributed by atoms with van der Waals surface area (Å²) in [6.45, 7) is 1.68. The van der Waals surface area contributed by atoms with Crippen molar-refractivity contribution in [3.05, 3.63) is 134 Å². The molecule has 0 heterocycles. The number of aryl methyl sites for hydroxylation is 1. The first kappa shape index (κ1) is 27.0. The molecule has 39 heavy (non-hydrogen) atoms. The lowest BCUT2D eigenvalue weighted by molar-refractivity contribution is -0.385. The Kier molecular flexibility index (Phi) is 8.32. The maximum atomic E-state index is 13.4. The molecule has 4 aromatic carbocycles. The van der Waals surface area contributed by atoms with Gasteiger partial charge in [-0.3, -0.25) is 29.8 Å². The normalized spacial score (nSPS) is 11.3. The van der Waals surface area contributed by atoms with E-state index >= 15 is 0 Å². The van der Waals surface area contributed by atoms with Crippen LogP contribution in [-0.4, -0.2) is 21.7 Å². The van der Waals surface area contributed by atoms with E-state index in [0.29, 0.717) is 21.8 Å². The Balaban J connectivity index is 1.53. The SMILES string of the molecule is Cc1cc([N+](=O)[O-])ccc1NC(=O)C(Sc1cccc(NC(=O)c2ccc([N+](=O)[O-])cc2)c1)c1ccccc1. The number of nitrogens with one attached hydrogen (secondary N) is 2. The minimum atomic E-state index is -0.665. The van der Waals surface area contributed by atoms with Gasteiger partial charge in [-0.05, 0) is 54.4 Å². The molecular formula is C28H22N4O6S. The number of non-ortho nitro benzene ring substituents is 2. The molecule has 0 spiro atoms. The van der Waals surface area contributed by atoms with Gasteiger partial charge in [0, 0.05) is 46.1 Å². The number of nitro benzene ring substituents is 2. The molecule has 10 nitrogen and oxygen atoms in total. The highest BCUT2D eigenvalue weighted by Crippen LogP contribution is 2.37. The van der Waals surface area contributed by atoms with Gasteiger partial charge in [0.05, 0.1) is 9.85 Å². The molecule has 0 aromatic heterocycles. The molecule has 0 bridgehead atoms. The van der Waals surface area contributed by atoms with Crippen molar-refractivity contribution in [2.45, 2.75) is 17.1 Å². The molecule has 0 aliphatic carbocycles. The van der Waals surface area contributed by atoms with Crippen LogP contribution in [-0.2, 0) is 4.79 Å². The molecule has 196 valence electrons. The van der Waals surface area contributed by atoms with Crippen molar-refractivity contribution >= 4 is 46.3 Å². The van der Waals surface area contributed by atoms with E-state index in [4.69, 9.17) is 0 Å². The molecular weight excluding hydrogens is 520 g/mol. The Labute approximate surface area is 227 Å². The van der Waals surface area contributed by atoms with Crippen molar-refractivity contribution in [3.63, 3.8) is 0 Å². The van der Waals surface area contributed by atoms with Crippen LogP contribution in [0.3, 0.4) is 0 Å².